The molecule has 1 aliphatic rings. The second-order valence-electron chi connectivity index (χ2n) is 3.63. The van der Waals surface area contributed by atoms with Crippen LogP contribution in [0.25, 0.3) is 0 Å². The molecule has 1 aromatic rings. The smallest absolute Gasteiger partial charge is 0.416 e. The van der Waals surface area contributed by atoms with Crippen LogP contribution in [0.3, 0.4) is 0 Å². The summed E-state index contributed by atoms with van der Waals surface area (Å²) in [5, 5.41) is 14.6. The normalized spacial score (nSPS) is 19.3. The first-order valence-electron chi connectivity index (χ1n) is 5.06. The zero-order valence-corrected chi connectivity index (χ0v) is 10.0. The molecule has 0 saturated heterocycles. The highest BCUT2D eigenvalue weighted by atomic mass is 35.5. The van der Waals surface area contributed by atoms with Gasteiger partial charge in [0.05, 0.1) is 11.3 Å². The largest absolute Gasteiger partial charge is 0.461 e. The first-order chi connectivity index (χ1) is 8.86. The van der Waals surface area contributed by atoms with E-state index in [2.05, 4.69) is 10.2 Å². The molecular formula is C11H7ClF3N3O. The van der Waals surface area contributed by atoms with Crippen LogP contribution in [0.15, 0.2) is 45.7 Å². The second kappa shape index (κ2) is 5.00. The number of alkyl halides is 3. The Morgan fingerprint density at radius 2 is 2.05 bits per heavy atom. The lowest BCUT2D eigenvalue weighted by Gasteiger charge is -2.16. The van der Waals surface area contributed by atoms with Crippen molar-refractivity contribution in [2.45, 2.75) is 12.4 Å². The van der Waals surface area contributed by atoms with Crippen LogP contribution in [0.1, 0.15) is 5.56 Å². The maximum absolute atomic E-state index is 12.5. The Morgan fingerprint density at radius 1 is 1.32 bits per heavy atom. The Kier molecular flexibility index (Phi) is 3.57. The Labute approximate surface area is 111 Å². The van der Waals surface area contributed by atoms with E-state index in [0.29, 0.717) is 0 Å². The van der Waals surface area contributed by atoms with E-state index in [4.69, 9.17) is 21.7 Å². The van der Waals surface area contributed by atoms with Gasteiger partial charge in [0.15, 0.2) is 5.16 Å². The number of rotatable bonds is 2. The Bertz CT molecular complexity index is 569. The van der Waals surface area contributed by atoms with Gasteiger partial charge in [0, 0.05) is 6.08 Å². The van der Waals surface area contributed by atoms with E-state index in [0.717, 1.165) is 12.1 Å². The summed E-state index contributed by atoms with van der Waals surface area (Å²) in [6, 6.07) is 4.32. The van der Waals surface area contributed by atoms with Gasteiger partial charge in [-0.25, -0.2) is 0 Å². The molecule has 1 unspecified atom stereocenters. The van der Waals surface area contributed by atoms with Gasteiger partial charge in [-0.2, -0.15) is 13.2 Å². The molecule has 1 aromatic carbocycles. The van der Waals surface area contributed by atoms with Gasteiger partial charge in [-0.15, -0.1) is 10.2 Å². The maximum Gasteiger partial charge on any atom is 0.416 e. The molecule has 4 nitrogen and oxygen atoms in total. The van der Waals surface area contributed by atoms with Gasteiger partial charge in [-0.1, -0.05) is 17.7 Å². The maximum atomic E-state index is 12.5. The summed E-state index contributed by atoms with van der Waals surface area (Å²) in [5.74, 6) is -0.0463. The number of nitrogens with one attached hydrogen (secondary N) is 1. The van der Waals surface area contributed by atoms with Gasteiger partial charge in [0.1, 0.15) is 5.75 Å². The van der Waals surface area contributed by atoms with Crippen molar-refractivity contribution in [3.8, 4) is 5.75 Å². The standard InChI is InChI=1S/C11H7ClF3N3O/c12-9-5-8(16)10(18-17-9)19-7-3-1-2-6(4-7)11(13,14)15/h1-5,10,16H. The highest BCUT2D eigenvalue weighted by molar-refractivity contribution is 6.31. The molecule has 0 aliphatic carbocycles. The van der Waals surface area contributed by atoms with Crippen LogP contribution in [0.5, 0.6) is 5.75 Å². The highest BCUT2D eigenvalue weighted by Crippen LogP contribution is 2.31. The van der Waals surface area contributed by atoms with Crippen molar-refractivity contribution in [3.05, 3.63) is 41.1 Å². The molecule has 100 valence electrons. The highest BCUT2D eigenvalue weighted by Gasteiger charge is 2.31. The number of azo groups is 1. The van der Waals surface area contributed by atoms with Gasteiger partial charge in [0.25, 0.3) is 6.23 Å². The summed E-state index contributed by atoms with van der Waals surface area (Å²) in [4.78, 5) is 0. The molecule has 0 bridgehead atoms. The summed E-state index contributed by atoms with van der Waals surface area (Å²) in [6.07, 6.45) is -4.33. The number of hydrogen-bond donors (Lipinski definition) is 1. The summed E-state index contributed by atoms with van der Waals surface area (Å²) in [6.45, 7) is 0. The Hall–Kier alpha value is -1.89. The summed E-state index contributed by atoms with van der Waals surface area (Å²) < 4.78 is 42.7. The minimum atomic E-state index is -4.45. The number of halogens is 4. The van der Waals surface area contributed by atoms with Crippen LogP contribution in [-0.4, -0.2) is 11.9 Å². The monoisotopic (exact) mass is 289 g/mol. The van der Waals surface area contributed by atoms with E-state index in [-0.39, 0.29) is 16.6 Å². The predicted octanol–water partition coefficient (Wildman–Crippen LogP) is 3.98. The lowest BCUT2D eigenvalue weighted by Crippen LogP contribution is -2.24. The second-order valence-corrected chi connectivity index (χ2v) is 4.02. The van der Waals surface area contributed by atoms with Gasteiger partial charge in [-0.05, 0) is 18.2 Å². The van der Waals surface area contributed by atoms with E-state index in [9.17, 15) is 13.2 Å². The van der Waals surface area contributed by atoms with Crippen LogP contribution in [-0.2, 0) is 6.18 Å². The van der Waals surface area contributed by atoms with Crippen molar-refractivity contribution in [1.82, 2.24) is 0 Å². The Morgan fingerprint density at radius 3 is 2.68 bits per heavy atom. The van der Waals surface area contributed by atoms with Gasteiger partial charge < -0.3 is 4.74 Å². The summed E-state index contributed by atoms with van der Waals surface area (Å²) in [5.41, 5.74) is -0.921. The minimum absolute atomic E-state index is 0.0221. The first-order valence-corrected chi connectivity index (χ1v) is 5.44. The minimum Gasteiger partial charge on any atom is -0.461 e. The number of nitrogens with zero attached hydrogens (tertiary/aromatic N) is 2. The van der Waals surface area contributed by atoms with Crippen molar-refractivity contribution < 1.29 is 17.9 Å². The molecule has 0 radical (unpaired) electrons. The van der Waals surface area contributed by atoms with E-state index in [1.165, 1.54) is 18.2 Å². The SMILES string of the molecule is N=C1C=C(Cl)N=NC1Oc1cccc(C(F)(F)F)c1. The molecule has 0 saturated carbocycles. The fraction of sp³-hybridized carbons (Fsp3) is 0.182. The quantitative estimate of drug-likeness (QED) is 0.823. The lowest BCUT2D eigenvalue weighted by molar-refractivity contribution is -0.137. The number of benzene rings is 1. The van der Waals surface area contributed by atoms with E-state index >= 15 is 0 Å². The average molecular weight is 290 g/mol. The van der Waals surface area contributed by atoms with Crippen LogP contribution >= 0.6 is 11.6 Å². The van der Waals surface area contributed by atoms with E-state index in [1.54, 1.807) is 0 Å². The zero-order chi connectivity index (χ0) is 14.0. The van der Waals surface area contributed by atoms with Gasteiger partial charge >= 0.3 is 6.18 Å². The van der Waals surface area contributed by atoms with Crippen molar-refractivity contribution in [1.29, 1.82) is 5.41 Å². The van der Waals surface area contributed by atoms with E-state index < -0.39 is 18.0 Å². The fourth-order valence-electron chi connectivity index (χ4n) is 1.36. The molecule has 1 atom stereocenters. The summed E-state index contributed by atoms with van der Waals surface area (Å²) >= 11 is 5.52. The van der Waals surface area contributed by atoms with Crippen molar-refractivity contribution >= 4 is 17.3 Å². The van der Waals surface area contributed by atoms with Crippen molar-refractivity contribution in [2.75, 3.05) is 0 Å². The molecule has 2 rings (SSSR count). The molecule has 1 aliphatic heterocycles. The molecule has 0 amide bonds. The third kappa shape index (κ3) is 3.31. The lowest BCUT2D eigenvalue weighted by atomic mass is 10.2. The molecule has 1 N–H and O–H groups in total. The van der Waals surface area contributed by atoms with Crippen LogP contribution < -0.4 is 4.74 Å². The van der Waals surface area contributed by atoms with Crippen molar-refractivity contribution in [3.63, 3.8) is 0 Å². The first kappa shape index (κ1) is 13.5. The van der Waals surface area contributed by atoms with E-state index in [1.807, 2.05) is 0 Å². The predicted molar refractivity (Wildman–Crippen MR) is 62.4 cm³/mol. The third-order valence-electron chi connectivity index (χ3n) is 2.21. The number of hydrogen-bond acceptors (Lipinski definition) is 4. The topological polar surface area (TPSA) is 57.8 Å². The molecule has 1 heterocycles. The molecule has 8 heteroatoms. The molecule has 0 spiro atoms. The van der Waals surface area contributed by atoms with Crippen LogP contribution in [0.4, 0.5) is 13.2 Å². The molecule has 0 aromatic heterocycles. The summed E-state index contributed by atoms with van der Waals surface area (Å²) in [7, 11) is 0. The zero-order valence-electron chi connectivity index (χ0n) is 9.28. The third-order valence-corrected chi connectivity index (χ3v) is 2.39. The molecular weight excluding hydrogens is 283 g/mol. The average Bonchev–Trinajstić information content (AvgIpc) is 2.32. The number of ether oxygens (including phenoxy) is 1. The fourth-order valence-corrected chi connectivity index (χ4v) is 1.52. The van der Waals surface area contributed by atoms with Gasteiger partial charge in [0.2, 0.25) is 0 Å². The Balaban J connectivity index is 2.17. The van der Waals surface area contributed by atoms with Crippen molar-refractivity contribution in [2.24, 2.45) is 10.2 Å². The van der Waals surface area contributed by atoms with Crippen LogP contribution in [0, 0.1) is 5.41 Å². The molecule has 0 fully saturated rings. The van der Waals surface area contributed by atoms with Gasteiger partial charge in [-0.3, -0.25) is 5.41 Å². The molecule has 19 heavy (non-hydrogen) atoms. The van der Waals surface area contributed by atoms with Crippen LogP contribution in [0.2, 0.25) is 0 Å².